The van der Waals surface area contributed by atoms with Gasteiger partial charge in [-0.2, -0.15) is 13.8 Å². The predicted molar refractivity (Wildman–Crippen MR) is 128 cm³/mol. The third-order valence-corrected chi connectivity index (χ3v) is 5.90. The summed E-state index contributed by atoms with van der Waals surface area (Å²) in [7, 11) is 4.68. The molecule has 1 aliphatic heterocycles. The molecule has 13 nitrogen and oxygen atoms in total. The largest absolute Gasteiger partial charge is 0.504 e. The minimum atomic E-state index is -4.02. The molecule has 0 spiro atoms. The Labute approximate surface area is 212 Å². The number of hydrogen-bond donors (Lipinski definition) is 1. The first kappa shape index (κ1) is 27.4. The molecule has 0 bridgehead atoms. The predicted octanol–water partition coefficient (Wildman–Crippen LogP) is 0.562. The average molecular weight is 522 g/mol. The van der Waals surface area contributed by atoms with Crippen molar-refractivity contribution in [1.82, 2.24) is 34.5 Å². The molecular formula is C22H29F2N9O4. The highest BCUT2D eigenvalue weighted by Gasteiger charge is 2.43. The van der Waals surface area contributed by atoms with E-state index < -0.39 is 18.2 Å². The topological polar surface area (TPSA) is 141 Å². The maximum atomic E-state index is 15.0. The standard InChI is InChI=1S/C22H29F2N9O4/c1-6-15(33(22(23,24)12-35)21-27-20(29(3)4)28-30(21)5)16(11-34)31-7-9-32(10-8-31)19(37)17-18(36)14(2)25-13-26-17/h11-13,36H,6-10H2,1-5H3/b16-15+. The van der Waals surface area contributed by atoms with E-state index in [1.807, 2.05) is 0 Å². The molecule has 0 saturated carbocycles. The first-order valence-corrected chi connectivity index (χ1v) is 11.4. The Morgan fingerprint density at radius 1 is 1.16 bits per heavy atom. The molecule has 37 heavy (non-hydrogen) atoms. The lowest BCUT2D eigenvalue weighted by molar-refractivity contribution is -0.128. The number of allylic oxidation sites excluding steroid dienone is 2. The summed E-state index contributed by atoms with van der Waals surface area (Å²) in [5.74, 6) is -1.01. The van der Waals surface area contributed by atoms with E-state index in [0.29, 0.717) is 11.2 Å². The quantitative estimate of drug-likeness (QED) is 0.281. The van der Waals surface area contributed by atoms with E-state index in [0.717, 1.165) is 4.68 Å². The molecule has 1 fully saturated rings. The highest BCUT2D eigenvalue weighted by Crippen LogP contribution is 2.33. The highest BCUT2D eigenvalue weighted by atomic mass is 19.3. The van der Waals surface area contributed by atoms with Crippen LogP contribution in [0.4, 0.5) is 20.7 Å². The smallest absolute Gasteiger partial charge is 0.388 e. The maximum absolute atomic E-state index is 15.0. The molecule has 1 amide bonds. The molecule has 0 radical (unpaired) electrons. The summed E-state index contributed by atoms with van der Waals surface area (Å²) in [6, 6.07) is -4.02. The van der Waals surface area contributed by atoms with Gasteiger partial charge >= 0.3 is 6.05 Å². The molecule has 1 N–H and O–H groups in total. The lowest BCUT2D eigenvalue weighted by atomic mass is 10.1. The molecule has 2 aromatic rings. The molecule has 0 unspecified atom stereocenters. The number of amides is 1. The lowest BCUT2D eigenvalue weighted by Crippen LogP contribution is -2.50. The summed E-state index contributed by atoms with van der Waals surface area (Å²) in [6.07, 6.45) is 1.08. The van der Waals surface area contributed by atoms with Gasteiger partial charge in [-0.3, -0.25) is 14.4 Å². The van der Waals surface area contributed by atoms with E-state index in [1.165, 1.54) is 23.2 Å². The Balaban J connectivity index is 1.95. The normalized spacial score (nSPS) is 14.8. The van der Waals surface area contributed by atoms with Crippen molar-refractivity contribution < 1.29 is 28.3 Å². The Morgan fingerprint density at radius 3 is 2.30 bits per heavy atom. The van der Waals surface area contributed by atoms with Crippen molar-refractivity contribution >= 4 is 30.4 Å². The zero-order valence-corrected chi connectivity index (χ0v) is 21.2. The van der Waals surface area contributed by atoms with Gasteiger partial charge in [-0.05, 0) is 13.3 Å². The van der Waals surface area contributed by atoms with Crippen molar-refractivity contribution in [3.8, 4) is 5.75 Å². The van der Waals surface area contributed by atoms with Crippen LogP contribution in [0.3, 0.4) is 0 Å². The number of halogens is 2. The number of carbonyl (C=O) groups excluding carboxylic acids is 3. The van der Waals surface area contributed by atoms with Crippen LogP contribution in [0, 0.1) is 6.92 Å². The minimum Gasteiger partial charge on any atom is -0.504 e. The van der Waals surface area contributed by atoms with Crippen molar-refractivity contribution in [2.24, 2.45) is 7.05 Å². The van der Waals surface area contributed by atoms with E-state index in [-0.39, 0.29) is 73.0 Å². The first-order valence-electron chi connectivity index (χ1n) is 11.4. The minimum absolute atomic E-state index is 0.0328. The van der Waals surface area contributed by atoms with Gasteiger partial charge < -0.3 is 19.8 Å². The molecule has 3 heterocycles. The van der Waals surface area contributed by atoms with Gasteiger partial charge in [0.05, 0.1) is 17.1 Å². The third kappa shape index (κ3) is 5.34. The summed E-state index contributed by atoms with van der Waals surface area (Å²) in [4.78, 5) is 53.4. The Bertz CT molecular complexity index is 1210. The van der Waals surface area contributed by atoms with Crippen LogP contribution >= 0.6 is 0 Å². The second-order valence-corrected chi connectivity index (χ2v) is 8.51. The SMILES string of the molecule is CC/C(=C(/C=O)N1CCN(C(=O)c2ncnc(C)c2O)CC1)N(c1nc(N(C)C)nn1C)C(F)(F)C=O. The van der Waals surface area contributed by atoms with Crippen LogP contribution in [0.5, 0.6) is 5.75 Å². The van der Waals surface area contributed by atoms with Gasteiger partial charge in [0.15, 0.2) is 17.7 Å². The molecule has 0 aromatic carbocycles. The van der Waals surface area contributed by atoms with Crippen LogP contribution < -0.4 is 9.80 Å². The summed E-state index contributed by atoms with van der Waals surface area (Å²) in [5.41, 5.74) is -0.0757. The van der Waals surface area contributed by atoms with Crippen LogP contribution in [0.2, 0.25) is 0 Å². The van der Waals surface area contributed by atoms with Crippen molar-refractivity contribution in [3.63, 3.8) is 0 Å². The van der Waals surface area contributed by atoms with Crippen molar-refractivity contribution in [2.75, 3.05) is 50.1 Å². The van der Waals surface area contributed by atoms with E-state index in [9.17, 15) is 19.5 Å². The van der Waals surface area contributed by atoms with Crippen molar-refractivity contribution in [3.05, 3.63) is 29.1 Å². The van der Waals surface area contributed by atoms with E-state index in [4.69, 9.17) is 0 Å². The molecule has 15 heteroatoms. The number of hydrogen-bond acceptors (Lipinski definition) is 11. The molecule has 0 aliphatic carbocycles. The summed E-state index contributed by atoms with van der Waals surface area (Å²) in [6.45, 7) is 3.66. The number of nitrogens with zero attached hydrogens (tertiary/aromatic N) is 9. The molecule has 200 valence electrons. The number of carbonyl (C=O) groups is 3. The van der Waals surface area contributed by atoms with Gasteiger partial charge in [-0.25, -0.2) is 19.5 Å². The van der Waals surface area contributed by atoms with Gasteiger partial charge in [0.25, 0.3) is 5.91 Å². The summed E-state index contributed by atoms with van der Waals surface area (Å²) >= 11 is 0. The van der Waals surface area contributed by atoms with Crippen LogP contribution in [0.15, 0.2) is 17.7 Å². The first-order chi connectivity index (χ1) is 17.5. The highest BCUT2D eigenvalue weighted by molar-refractivity contribution is 5.95. The Hall–Kier alpha value is -4.17. The summed E-state index contributed by atoms with van der Waals surface area (Å²) < 4.78 is 31.2. The molecule has 2 aromatic heterocycles. The fourth-order valence-corrected chi connectivity index (χ4v) is 3.94. The second-order valence-electron chi connectivity index (χ2n) is 8.51. The molecule has 1 aliphatic rings. The van der Waals surface area contributed by atoms with Gasteiger partial charge in [-0.15, -0.1) is 5.10 Å². The van der Waals surface area contributed by atoms with E-state index in [2.05, 4.69) is 20.1 Å². The van der Waals surface area contributed by atoms with Crippen LogP contribution in [-0.2, 0) is 16.6 Å². The maximum Gasteiger partial charge on any atom is 0.388 e. The average Bonchev–Trinajstić information content (AvgIpc) is 3.26. The molecule has 0 atom stereocenters. The molecule has 1 saturated heterocycles. The number of aldehydes is 2. The lowest BCUT2D eigenvalue weighted by Gasteiger charge is -2.38. The zero-order valence-electron chi connectivity index (χ0n) is 21.2. The number of anilines is 2. The monoisotopic (exact) mass is 521 g/mol. The third-order valence-electron chi connectivity index (χ3n) is 5.90. The number of aromatic nitrogens is 5. The molecular weight excluding hydrogens is 492 g/mol. The van der Waals surface area contributed by atoms with Gasteiger partial charge in [0, 0.05) is 47.3 Å². The van der Waals surface area contributed by atoms with Crippen LogP contribution in [0.25, 0.3) is 0 Å². The van der Waals surface area contributed by atoms with Gasteiger partial charge in [0.1, 0.15) is 6.33 Å². The number of aromatic hydroxyl groups is 1. The van der Waals surface area contributed by atoms with Crippen LogP contribution in [-0.4, -0.2) is 104 Å². The zero-order chi connectivity index (χ0) is 27.5. The number of rotatable bonds is 9. The number of aryl methyl sites for hydroxylation is 2. The van der Waals surface area contributed by atoms with Gasteiger partial charge in [0.2, 0.25) is 18.2 Å². The van der Waals surface area contributed by atoms with Gasteiger partial charge in [-0.1, -0.05) is 6.92 Å². The summed E-state index contributed by atoms with van der Waals surface area (Å²) in [5, 5.41) is 14.3. The number of piperazine rings is 1. The fraction of sp³-hybridized carbons (Fsp3) is 0.500. The number of alkyl halides is 2. The van der Waals surface area contributed by atoms with Crippen molar-refractivity contribution in [1.29, 1.82) is 0 Å². The Kier molecular flexibility index (Phi) is 8.03. The Morgan fingerprint density at radius 2 is 1.78 bits per heavy atom. The molecule has 3 rings (SSSR count). The van der Waals surface area contributed by atoms with Crippen LogP contribution in [0.1, 0.15) is 29.5 Å². The van der Waals surface area contributed by atoms with E-state index in [1.54, 1.807) is 32.8 Å². The fourth-order valence-electron chi connectivity index (χ4n) is 3.94. The van der Waals surface area contributed by atoms with E-state index >= 15 is 8.78 Å². The second kappa shape index (κ2) is 10.8. The van der Waals surface area contributed by atoms with Crippen molar-refractivity contribution in [2.45, 2.75) is 26.3 Å².